The predicted molar refractivity (Wildman–Crippen MR) is 117 cm³/mol. The third-order valence-electron chi connectivity index (χ3n) is 4.20. The van der Waals surface area contributed by atoms with Gasteiger partial charge in [-0.3, -0.25) is 9.59 Å². The van der Waals surface area contributed by atoms with Crippen LogP contribution in [0.1, 0.15) is 35.3 Å². The van der Waals surface area contributed by atoms with Crippen molar-refractivity contribution >= 4 is 28.8 Å². The number of hydrogen-bond acceptors (Lipinski definition) is 4. The molecule has 1 amide bonds. The van der Waals surface area contributed by atoms with Crippen LogP contribution in [-0.2, 0) is 4.79 Å². The zero-order chi connectivity index (χ0) is 20.6. The van der Waals surface area contributed by atoms with Gasteiger partial charge in [-0.25, -0.2) is 0 Å². The van der Waals surface area contributed by atoms with Gasteiger partial charge in [0.25, 0.3) is 0 Å². The fourth-order valence-electron chi connectivity index (χ4n) is 2.76. The lowest BCUT2D eigenvalue weighted by molar-refractivity contribution is -0.114. The maximum Gasteiger partial charge on any atom is 0.221 e. The van der Waals surface area contributed by atoms with Crippen molar-refractivity contribution < 1.29 is 9.59 Å². The van der Waals surface area contributed by atoms with Crippen molar-refractivity contribution in [2.24, 2.45) is 10.2 Å². The molecule has 0 bridgehead atoms. The van der Waals surface area contributed by atoms with Gasteiger partial charge in [-0.2, -0.15) is 5.10 Å². The Labute approximate surface area is 169 Å². The van der Waals surface area contributed by atoms with Crippen LogP contribution in [0, 0.1) is 0 Å². The molecule has 3 rings (SSSR count). The molecule has 0 aliphatic carbocycles. The van der Waals surface area contributed by atoms with Crippen molar-refractivity contribution in [3.63, 3.8) is 0 Å². The van der Waals surface area contributed by atoms with Crippen molar-refractivity contribution in [1.29, 1.82) is 0 Å². The molecule has 5 heteroatoms. The monoisotopic (exact) mass is 383 g/mol. The highest BCUT2D eigenvalue weighted by Gasteiger charge is 2.16. The van der Waals surface area contributed by atoms with E-state index >= 15 is 0 Å². The number of ketones is 1. The summed E-state index contributed by atoms with van der Waals surface area (Å²) in [6, 6.07) is 25.6. The Morgan fingerprint density at radius 2 is 1.28 bits per heavy atom. The van der Waals surface area contributed by atoms with Gasteiger partial charge in [0.2, 0.25) is 11.7 Å². The number of carbonyl (C=O) groups excluding carboxylic acids is 2. The number of nitrogens with zero attached hydrogens (tertiary/aromatic N) is 2. The Hall–Kier alpha value is -3.86. The van der Waals surface area contributed by atoms with Crippen LogP contribution in [0.2, 0.25) is 0 Å². The van der Waals surface area contributed by atoms with E-state index in [1.54, 1.807) is 18.2 Å². The zero-order valence-corrected chi connectivity index (χ0v) is 16.3. The van der Waals surface area contributed by atoms with Gasteiger partial charge in [-0.15, -0.1) is 5.10 Å². The number of amides is 1. The first-order valence-corrected chi connectivity index (χ1v) is 9.20. The van der Waals surface area contributed by atoms with Crippen molar-refractivity contribution in [3.8, 4) is 0 Å². The quantitative estimate of drug-likeness (QED) is 0.379. The number of benzene rings is 3. The third kappa shape index (κ3) is 5.32. The van der Waals surface area contributed by atoms with Crippen LogP contribution in [0.4, 0.5) is 5.69 Å². The highest BCUT2D eigenvalue weighted by molar-refractivity contribution is 6.51. The highest BCUT2D eigenvalue weighted by atomic mass is 16.1. The number of rotatable bonds is 6. The predicted octanol–water partition coefficient (Wildman–Crippen LogP) is 4.74. The van der Waals surface area contributed by atoms with Crippen LogP contribution >= 0.6 is 0 Å². The summed E-state index contributed by atoms with van der Waals surface area (Å²) < 4.78 is 0. The molecule has 0 aliphatic heterocycles. The molecule has 0 spiro atoms. The molecule has 0 saturated heterocycles. The van der Waals surface area contributed by atoms with Gasteiger partial charge in [0, 0.05) is 23.7 Å². The van der Waals surface area contributed by atoms with Gasteiger partial charge >= 0.3 is 0 Å². The van der Waals surface area contributed by atoms with Crippen LogP contribution in [-0.4, -0.2) is 23.1 Å². The van der Waals surface area contributed by atoms with Gasteiger partial charge in [-0.1, -0.05) is 72.8 Å². The number of carbonyl (C=O) groups is 2. The molecule has 0 unspecified atom stereocenters. The second-order valence-corrected chi connectivity index (χ2v) is 6.46. The first-order valence-electron chi connectivity index (χ1n) is 9.20. The van der Waals surface area contributed by atoms with E-state index in [0.29, 0.717) is 22.5 Å². The van der Waals surface area contributed by atoms with Crippen LogP contribution in [0.15, 0.2) is 95.1 Å². The molecule has 0 fully saturated rings. The molecular formula is C24H21N3O2. The SMILES string of the molecule is CC(=O)Nc1cccc(/C(C)=N\N=C(/C(=O)c2ccccc2)c2ccccc2)c1. The Balaban J connectivity index is 1.98. The molecule has 1 N–H and O–H groups in total. The first-order chi connectivity index (χ1) is 14.0. The molecule has 0 saturated carbocycles. The summed E-state index contributed by atoms with van der Waals surface area (Å²) in [7, 11) is 0. The van der Waals surface area contributed by atoms with Crippen LogP contribution in [0.5, 0.6) is 0 Å². The summed E-state index contributed by atoms with van der Waals surface area (Å²) in [6.07, 6.45) is 0. The maximum absolute atomic E-state index is 13.0. The van der Waals surface area contributed by atoms with E-state index in [2.05, 4.69) is 15.5 Å². The molecule has 3 aromatic rings. The largest absolute Gasteiger partial charge is 0.326 e. The maximum atomic E-state index is 13.0. The molecule has 144 valence electrons. The van der Waals surface area contributed by atoms with E-state index in [9.17, 15) is 9.59 Å². The van der Waals surface area contributed by atoms with Gasteiger partial charge < -0.3 is 5.32 Å². The van der Waals surface area contributed by atoms with Crippen LogP contribution < -0.4 is 5.32 Å². The zero-order valence-electron chi connectivity index (χ0n) is 16.3. The Bertz CT molecular complexity index is 1070. The number of nitrogens with one attached hydrogen (secondary N) is 1. The molecule has 0 atom stereocenters. The second kappa shape index (κ2) is 9.37. The summed E-state index contributed by atoms with van der Waals surface area (Å²) in [4.78, 5) is 24.3. The fourth-order valence-corrected chi connectivity index (χ4v) is 2.76. The van der Waals surface area contributed by atoms with E-state index in [0.717, 1.165) is 5.56 Å². The summed E-state index contributed by atoms with van der Waals surface area (Å²) in [5, 5.41) is 11.4. The van der Waals surface area contributed by atoms with Crippen molar-refractivity contribution in [2.45, 2.75) is 13.8 Å². The van der Waals surface area contributed by atoms with Crippen LogP contribution in [0.25, 0.3) is 0 Å². The third-order valence-corrected chi connectivity index (χ3v) is 4.20. The van der Waals surface area contributed by atoms with E-state index in [1.807, 2.05) is 73.7 Å². The van der Waals surface area contributed by atoms with Gasteiger partial charge in [0.05, 0.1) is 5.71 Å². The molecule has 3 aromatic carbocycles. The standard InChI is InChI=1S/C24H21N3O2/c1-17(21-14-9-15-22(16-21)25-18(2)28)26-27-23(19-10-5-3-6-11-19)24(29)20-12-7-4-8-13-20/h3-16H,1-2H3,(H,25,28)/b26-17-,27-23-. The smallest absolute Gasteiger partial charge is 0.221 e. The topological polar surface area (TPSA) is 70.9 Å². The van der Waals surface area contributed by atoms with Crippen molar-refractivity contribution in [2.75, 3.05) is 5.32 Å². The summed E-state index contributed by atoms with van der Waals surface area (Å²) in [5.41, 5.74) is 3.64. The number of Topliss-reactive ketones (excluding diaryl/α,β-unsaturated/α-hetero) is 1. The molecule has 0 aliphatic rings. The molecule has 5 nitrogen and oxygen atoms in total. The molecule has 0 radical (unpaired) electrons. The molecule has 0 heterocycles. The minimum Gasteiger partial charge on any atom is -0.326 e. The van der Waals surface area contributed by atoms with Gasteiger partial charge in [0.15, 0.2) is 0 Å². The minimum absolute atomic E-state index is 0.144. The van der Waals surface area contributed by atoms with E-state index in [1.165, 1.54) is 6.92 Å². The normalized spacial score (nSPS) is 11.8. The summed E-state index contributed by atoms with van der Waals surface area (Å²) >= 11 is 0. The summed E-state index contributed by atoms with van der Waals surface area (Å²) in [5.74, 6) is -0.338. The molecule has 29 heavy (non-hydrogen) atoms. The fraction of sp³-hybridized carbons (Fsp3) is 0.0833. The molecular weight excluding hydrogens is 362 g/mol. The van der Waals surface area contributed by atoms with Crippen molar-refractivity contribution in [3.05, 3.63) is 102 Å². The van der Waals surface area contributed by atoms with Gasteiger partial charge in [0.1, 0.15) is 5.71 Å². The van der Waals surface area contributed by atoms with E-state index < -0.39 is 0 Å². The lowest BCUT2D eigenvalue weighted by Gasteiger charge is -2.06. The second-order valence-electron chi connectivity index (χ2n) is 6.46. The minimum atomic E-state index is -0.194. The average Bonchev–Trinajstić information content (AvgIpc) is 2.74. The van der Waals surface area contributed by atoms with Crippen molar-refractivity contribution in [1.82, 2.24) is 0 Å². The number of hydrogen-bond donors (Lipinski definition) is 1. The van der Waals surface area contributed by atoms with Gasteiger partial charge in [-0.05, 0) is 24.6 Å². The average molecular weight is 383 g/mol. The lowest BCUT2D eigenvalue weighted by atomic mass is 10.0. The molecule has 0 aromatic heterocycles. The lowest BCUT2D eigenvalue weighted by Crippen LogP contribution is -2.15. The summed E-state index contributed by atoms with van der Waals surface area (Å²) in [6.45, 7) is 3.27. The first kappa shape index (κ1) is 19.9. The Morgan fingerprint density at radius 3 is 1.90 bits per heavy atom. The number of anilines is 1. The highest BCUT2D eigenvalue weighted by Crippen LogP contribution is 2.13. The van der Waals surface area contributed by atoms with Crippen LogP contribution in [0.3, 0.4) is 0 Å². The Kier molecular flexibility index (Phi) is 6.43. The van der Waals surface area contributed by atoms with E-state index in [-0.39, 0.29) is 17.4 Å². The van der Waals surface area contributed by atoms with E-state index in [4.69, 9.17) is 0 Å². The Morgan fingerprint density at radius 1 is 0.690 bits per heavy atom.